The van der Waals surface area contributed by atoms with Crippen LogP contribution in [0.3, 0.4) is 0 Å². The highest BCUT2D eigenvalue weighted by atomic mass is 16.2. The molecule has 1 aliphatic heterocycles. The third kappa shape index (κ3) is 9.30. The van der Waals surface area contributed by atoms with Crippen LogP contribution in [-0.2, 0) is 17.6 Å². The molecule has 45 heavy (non-hydrogen) atoms. The van der Waals surface area contributed by atoms with E-state index in [0.717, 1.165) is 50.9 Å². The molecule has 0 radical (unpaired) electrons. The normalized spacial score (nSPS) is 20.3. The number of aliphatic imine (C=N–C) groups is 1. The number of guanidine groups is 1. The predicted molar refractivity (Wildman–Crippen MR) is 187 cm³/mol. The first kappa shape index (κ1) is 33.0. The van der Waals surface area contributed by atoms with Crippen molar-refractivity contribution in [2.45, 2.75) is 96.2 Å². The van der Waals surface area contributed by atoms with E-state index >= 15 is 0 Å². The molecule has 0 bridgehead atoms. The lowest BCUT2D eigenvalue weighted by molar-refractivity contribution is -0.138. The zero-order valence-corrected chi connectivity index (χ0v) is 27.5. The molecule has 1 saturated carbocycles. The van der Waals surface area contributed by atoms with Crippen LogP contribution in [0, 0.1) is 19.8 Å². The van der Waals surface area contributed by atoms with Crippen molar-refractivity contribution >= 4 is 22.6 Å². The fraction of sp³-hybridized carbons (Fsp3) is 0.526. The Morgan fingerprint density at radius 1 is 0.933 bits per heavy atom. The number of benzene rings is 3. The van der Waals surface area contributed by atoms with Gasteiger partial charge in [0.05, 0.1) is 6.42 Å². The summed E-state index contributed by atoms with van der Waals surface area (Å²) in [4.78, 5) is 23.3. The largest absolute Gasteiger partial charge is 0.370 e. The molecule has 3 atom stereocenters. The summed E-state index contributed by atoms with van der Waals surface area (Å²) in [5.41, 5.74) is 23.1. The number of carbonyl (C=O) groups is 1. The van der Waals surface area contributed by atoms with Crippen molar-refractivity contribution in [1.82, 2.24) is 9.80 Å². The van der Waals surface area contributed by atoms with Gasteiger partial charge in [-0.3, -0.25) is 14.7 Å². The van der Waals surface area contributed by atoms with Gasteiger partial charge in [0.25, 0.3) is 0 Å². The Kier molecular flexibility index (Phi) is 11.5. The van der Waals surface area contributed by atoms with Gasteiger partial charge >= 0.3 is 0 Å². The highest BCUT2D eigenvalue weighted by molar-refractivity contribution is 5.85. The molecular formula is C38H54N6O. The van der Waals surface area contributed by atoms with Gasteiger partial charge in [-0.25, -0.2) is 0 Å². The summed E-state index contributed by atoms with van der Waals surface area (Å²) in [7, 11) is 0. The second kappa shape index (κ2) is 15.7. The summed E-state index contributed by atoms with van der Waals surface area (Å²) in [6.45, 7) is 7.32. The highest BCUT2D eigenvalue weighted by Gasteiger charge is 2.37. The Bertz CT molecular complexity index is 1440. The Hall–Kier alpha value is -3.42. The summed E-state index contributed by atoms with van der Waals surface area (Å²) >= 11 is 0. The Morgan fingerprint density at radius 2 is 1.71 bits per heavy atom. The van der Waals surface area contributed by atoms with Crippen molar-refractivity contribution in [3.8, 4) is 0 Å². The second-order valence-corrected chi connectivity index (χ2v) is 13.7. The number of aryl methyl sites for hydroxylation is 2. The monoisotopic (exact) mass is 610 g/mol. The number of hydrogen-bond donors (Lipinski definition) is 3. The quantitative estimate of drug-likeness (QED) is 0.143. The molecular weight excluding hydrogens is 556 g/mol. The van der Waals surface area contributed by atoms with E-state index in [1.165, 1.54) is 59.6 Å². The lowest BCUT2D eigenvalue weighted by Gasteiger charge is -2.48. The van der Waals surface area contributed by atoms with E-state index in [2.05, 4.69) is 89.3 Å². The van der Waals surface area contributed by atoms with Crippen molar-refractivity contribution in [3.05, 3.63) is 82.9 Å². The molecule has 1 unspecified atom stereocenters. The summed E-state index contributed by atoms with van der Waals surface area (Å²) in [5, 5.41) is 2.39. The summed E-state index contributed by atoms with van der Waals surface area (Å²) in [6.07, 6.45) is 10.6. The van der Waals surface area contributed by atoms with Gasteiger partial charge in [-0.05, 0) is 72.9 Å². The molecule has 5 rings (SSSR count). The number of amides is 1. The van der Waals surface area contributed by atoms with Crippen LogP contribution in [0.5, 0.6) is 0 Å². The maximum Gasteiger partial charge on any atom is 0.227 e. The number of piperazine rings is 1. The SMILES string of the molecule is Cc1ccc(C[C@@H](N)CN2C[C@@H](CC3CCCCC3)N(C(=O)Cc3ccc4ccccc4c3)CC2CCCN=C(N)N)c(C)c1. The fourth-order valence-corrected chi connectivity index (χ4v) is 7.71. The van der Waals surface area contributed by atoms with E-state index < -0.39 is 0 Å². The maximum absolute atomic E-state index is 14.2. The Morgan fingerprint density at radius 3 is 2.47 bits per heavy atom. The molecule has 1 heterocycles. The molecule has 2 fully saturated rings. The third-order valence-corrected chi connectivity index (χ3v) is 10.1. The van der Waals surface area contributed by atoms with Crippen LogP contribution in [0.4, 0.5) is 0 Å². The van der Waals surface area contributed by atoms with E-state index in [0.29, 0.717) is 18.9 Å². The van der Waals surface area contributed by atoms with Crippen molar-refractivity contribution in [2.24, 2.45) is 28.1 Å². The minimum absolute atomic E-state index is 0.0156. The molecule has 3 aromatic carbocycles. The standard InChI is InChI=1S/C38H54N6O/c1-27-14-16-32(28(2)19-27)23-34(39)24-43-25-36(21-29-9-4-3-5-10-29)44(26-35(43)13-8-18-42-38(40)41)37(45)22-30-15-17-31-11-6-7-12-33(31)20-30/h6-7,11-12,14-17,19-20,29,34-36H,3-5,8-10,13,18,21-26,39H2,1-2H3,(H4,40,41,42)/t34-,35?,36-/m1/s1. The van der Waals surface area contributed by atoms with E-state index in [1.54, 1.807) is 0 Å². The molecule has 2 aliphatic rings. The molecule has 1 amide bonds. The van der Waals surface area contributed by atoms with Gasteiger partial charge in [0.2, 0.25) is 5.91 Å². The number of rotatable bonds is 12. The van der Waals surface area contributed by atoms with Crippen LogP contribution in [0.2, 0.25) is 0 Å². The maximum atomic E-state index is 14.2. The van der Waals surface area contributed by atoms with Gasteiger partial charge < -0.3 is 22.1 Å². The van der Waals surface area contributed by atoms with Crippen LogP contribution < -0.4 is 17.2 Å². The lowest BCUT2D eigenvalue weighted by Crippen LogP contribution is -2.62. The highest BCUT2D eigenvalue weighted by Crippen LogP contribution is 2.32. The van der Waals surface area contributed by atoms with Gasteiger partial charge in [-0.2, -0.15) is 0 Å². The minimum atomic E-state index is 0.0156. The van der Waals surface area contributed by atoms with Crippen LogP contribution in [0.25, 0.3) is 10.8 Å². The molecule has 0 spiro atoms. The van der Waals surface area contributed by atoms with Crippen molar-refractivity contribution in [1.29, 1.82) is 0 Å². The zero-order chi connectivity index (χ0) is 31.8. The summed E-state index contributed by atoms with van der Waals surface area (Å²) in [6, 6.07) is 21.9. The average molecular weight is 611 g/mol. The number of nitrogens with zero attached hydrogens (tertiary/aromatic N) is 3. The summed E-state index contributed by atoms with van der Waals surface area (Å²) in [5.74, 6) is 1.05. The second-order valence-electron chi connectivity index (χ2n) is 13.7. The van der Waals surface area contributed by atoms with Crippen molar-refractivity contribution in [2.75, 3.05) is 26.2 Å². The molecule has 7 nitrogen and oxygen atoms in total. The van der Waals surface area contributed by atoms with E-state index in [9.17, 15) is 4.79 Å². The molecule has 242 valence electrons. The number of nitrogens with two attached hydrogens (primary N) is 3. The van der Waals surface area contributed by atoms with E-state index in [1.807, 2.05) is 0 Å². The van der Waals surface area contributed by atoms with Gasteiger partial charge in [0.1, 0.15) is 0 Å². The van der Waals surface area contributed by atoms with Crippen LogP contribution in [-0.4, -0.2) is 66.0 Å². The minimum Gasteiger partial charge on any atom is -0.370 e. The predicted octanol–water partition coefficient (Wildman–Crippen LogP) is 5.47. The van der Waals surface area contributed by atoms with Crippen molar-refractivity contribution in [3.63, 3.8) is 0 Å². The van der Waals surface area contributed by atoms with Gasteiger partial charge in [-0.1, -0.05) is 98.3 Å². The van der Waals surface area contributed by atoms with Crippen LogP contribution >= 0.6 is 0 Å². The molecule has 0 aromatic heterocycles. The molecule has 3 aromatic rings. The number of fused-ring (bicyclic) bond motifs is 1. The lowest BCUT2D eigenvalue weighted by atomic mass is 9.83. The molecule has 1 aliphatic carbocycles. The third-order valence-electron chi connectivity index (χ3n) is 10.1. The number of hydrogen-bond acceptors (Lipinski definition) is 4. The van der Waals surface area contributed by atoms with Crippen molar-refractivity contribution < 1.29 is 4.79 Å². The van der Waals surface area contributed by atoms with Gasteiger partial charge in [0, 0.05) is 44.3 Å². The summed E-state index contributed by atoms with van der Waals surface area (Å²) < 4.78 is 0. The van der Waals surface area contributed by atoms with Gasteiger partial charge in [-0.15, -0.1) is 0 Å². The van der Waals surface area contributed by atoms with Crippen LogP contribution in [0.15, 0.2) is 65.7 Å². The number of carbonyl (C=O) groups excluding carboxylic acids is 1. The fourth-order valence-electron chi connectivity index (χ4n) is 7.71. The Balaban J connectivity index is 1.35. The first-order valence-corrected chi connectivity index (χ1v) is 17.1. The first-order valence-electron chi connectivity index (χ1n) is 17.1. The topological polar surface area (TPSA) is 114 Å². The average Bonchev–Trinajstić information content (AvgIpc) is 3.02. The van der Waals surface area contributed by atoms with E-state index in [-0.39, 0.29) is 30.0 Å². The Labute approximate surface area is 270 Å². The molecule has 6 N–H and O–H groups in total. The van der Waals surface area contributed by atoms with Gasteiger partial charge in [0.15, 0.2) is 5.96 Å². The first-order chi connectivity index (χ1) is 21.7. The van der Waals surface area contributed by atoms with E-state index in [4.69, 9.17) is 17.2 Å². The zero-order valence-electron chi connectivity index (χ0n) is 27.5. The molecule has 7 heteroatoms. The molecule has 1 saturated heterocycles. The van der Waals surface area contributed by atoms with Crippen LogP contribution in [0.1, 0.15) is 73.6 Å². The smallest absolute Gasteiger partial charge is 0.227 e.